The average Bonchev–Trinajstić information content (AvgIpc) is 2.18. The van der Waals surface area contributed by atoms with Gasteiger partial charge in [0, 0.05) is 12.1 Å². The van der Waals surface area contributed by atoms with Gasteiger partial charge in [-0.05, 0) is 12.1 Å². The van der Waals surface area contributed by atoms with Crippen LogP contribution in [0, 0.1) is 10.1 Å². The van der Waals surface area contributed by atoms with Gasteiger partial charge in [0.1, 0.15) is 9.80 Å². The molecule has 0 fully saturated rings. The van der Waals surface area contributed by atoms with Crippen molar-refractivity contribution in [2.75, 3.05) is 0 Å². The second-order valence-electron chi connectivity index (χ2n) is 2.41. The van der Waals surface area contributed by atoms with Crippen LogP contribution < -0.4 is 0 Å². The predicted molar refractivity (Wildman–Crippen MR) is 54.1 cm³/mol. The van der Waals surface area contributed by atoms with E-state index in [4.69, 9.17) is 11.6 Å². The van der Waals surface area contributed by atoms with Crippen LogP contribution >= 0.6 is 11.6 Å². The van der Waals surface area contributed by atoms with E-state index in [1.165, 1.54) is 12.1 Å². The second kappa shape index (κ2) is 3.95. The molecule has 0 heterocycles. The summed E-state index contributed by atoms with van der Waals surface area (Å²) in [5.41, 5.74) is -0.140. The molecule has 0 radical (unpaired) electrons. The molecule has 0 aliphatic carbocycles. The van der Waals surface area contributed by atoms with Crippen LogP contribution in [0.15, 0.2) is 29.2 Å². The molecule has 0 aromatic heterocycles. The highest BCUT2D eigenvalue weighted by Gasteiger charge is 2.09. The summed E-state index contributed by atoms with van der Waals surface area (Å²) in [6.07, 6.45) is 0. The van der Waals surface area contributed by atoms with Crippen molar-refractivity contribution < 1.29 is 13.7 Å². The Labute approximate surface area is 85.3 Å². The van der Waals surface area contributed by atoms with Gasteiger partial charge in [-0.15, -0.1) is 0 Å². The van der Waals surface area contributed by atoms with E-state index < -0.39 is 14.7 Å². The number of nitro benzene ring substituents is 1. The van der Waals surface area contributed by atoms with E-state index in [0.29, 0.717) is 4.83 Å². The molecule has 0 saturated carbocycles. The number of hydrogen-bond acceptors (Lipinski definition) is 3. The molecule has 1 atom stereocenters. The van der Waals surface area contributed by atoms with Crippen molar-refractivity contribution in [1.82, 2.24) is 0 Å². The van der Waals surface area contributed by atoms with Gasteiger partial charge in [0.15, 0.2) is 0 Å². The van der Waals surface area contributed by atoms with Gasteiger partial charge in [-0.2, -0.15) is 0 Å². The molecule has 1 aromatic rings. The zero-order valence-corrected chi connectivity index (χ0v) is 8.36. The largest absolute Gasteiger partial charge is 0.309 e. The minimum atomic E-state index is -3.37. The van der Waals surface area contributed by atoms with E-state index in [1.807, 2.05) is 0 Å². The fraction of sp³-hybridized carbons (Fsp3) is 0. The van der Waals surface area contributed by atoms with Crippen molar-refractivity contribution in [2.24, 2.45) is 0 Å². The van der Waals surface area contributed by atoms with Crippen LogP contribution in [0.4, 0.5) is 5.69 Å². The van der Waals surface area contributed by atoms with E-state index in [-0.39, 0.29) is 10.6 Å². The van der Waals surface area contributed by atoms with Crippen LogP contribution in [-0.2, 0) is 9.80 Å². The van der Waals surface area contributed by atoms with Crippen LogP contribution in [0.2, 0.25) is 0 Å². The Kier molecular flexibility index (Phi) is 3.10. The van der Waals surface area contributed by atoms with Gasteiger partial charge in [0.2, 0.25) is 0 Å². The Morgan fingerprint density at radius 3 is 2.29 bits per heavy atom. The quantitative estimate of drug-likeness (QED) is 0.366. The van der Waals surface area contributed by atoms with Crippen LogP contribution in [0.3, 0.4) is 0 Å². The Hall–Kier alpha value is -1.11. The molecule has 0 saturated heterocycles. The molecule has 1 N–H and O–H groups in total. The molecule has 1 unspecified atom stereocenters. The maximum absolute atomic E-state index is 11.2. The highest BCUT2D eigenvalue weighted by Crippen LogP contribution is 2.15. The number of halogens is 1. The summed E-state index contributed by atoms with van der Waals surface area (Å²) in [5, 5.41) is 10.3. The Morgan fingerprint density at radius 2 is 1.93 bits per heavy atom. The number of rotatable bonds is 2. The lowest BCUT2D eigenvalue weighted by Crippen LogP contribution is -2.00. The third kappa shape index (κ3) is 2.22. The second-order valence-corrected chi connectivity index (χ2v) is 4.73. The zero-order chi connectivity index (χ0) is 10.8. The van der Waals surface area contributed by atoms with Gasteiger partial charge in [-0.25, -0.2) is 4.21 Å². The summed E-state index contributed by atoms with van der Waals surface area (Å²) < 4.78 is 20.4. The molecule has 0 amide bonds. The molecule has 1 rings (SSSR count). The molecular weight excluding hydrogens is 230 g/mol. The van der Waals surface area contributed by atoms with Crippen molar-refractivity contribution in [3.63, 3.8) is 0 Å². The standard InChI is InChI=1S/C7H6ClNO4S/c8-5-14(12,13)7-3-1-6(2-4-7)9(10)11/h1-5H,(H,12,13). The Bertz CT molecular complexity index is 461. The number of benzene rings is 1. The lowest BCUT2D eigenvalue weighted by atomic mass is 10.3. The zero-order valence-electron chi connectivity index (χ0n) is 6.79. The number of nitro groups is 1. The molecule has 76 valence electrons. The molecule has 5 nitrogen and oxygen atoms in total. The number of hydrogen-bond donors (Lipinski definition) is 1. The molecule has 1 aromatic carbocycles. The minimum absolute atomic E-state index is 0.0399. The van der Waals surface area contributed by atoms with E-state index in [2.05, 4.69) is 0 Å². The lowest BCUT2D eigenvalue weighted by molar-refractivity contribution is -0.384. The fourth-order valence-corrected chi connectivity index (χ4v) is 1.75. The first kappa shape index (κ1) is 11.0. The van der Waals surface area contributed by atoms with Gasteiger partial charge >= 0.3 is 0 Å². The van der Waals surface area contributed by atoms with Crippen molar-refractivity contribution >= 4 is 31.9 Å². The first-order valence-corrected chi connectivity index (χ1v) is 5.43. The van der Waals surface area contributed by atoms with Gasteiger partial charge < -0.3 is 4.55 Å². The average molecular weight is 236 g/mol. The molecular formula is C7H6ClNO4S. The molecule has 0 bridgehead atoms. The van der Waals surface area contributed by atoms with Crippen molar-refractivity contribution in [1.29, 1.82) is 0 Å². The Balaban J connectivity index is 3.19. The van der Waals surface area contributed by atoms with Crippen LogP contribution in [-0.4, -0.2) is 18.5 Å². The predicted octanol–water partition coefficient (Wildman–Crippen LogP) is 1.71. The lowest BCUT2D eigenvalue weighted by Gasteiger charge is -2.00. The number of non-ortho nitro benzene ring substituents is 1. The topological polar surface area (TPSA) is 80.4 Å². The summed E-state index contributed by atoms with van der Waals surface area (Å²) in [5.74, 6) is 0. The van der Waals surface area contributed by atoms with Crippen molar-refractivity contribution in [3.8, 4) is 0 Å². The van der Waals surface area contributed by atoms with Crippen LogP contribution in [0.25, 0.3) is 0 Å². The summed E-state index contributed by atoms with van der Waals surface area (Å²) in [7, 11) is -3.37. The normalized spacial score (nSPS) is 14.4. The van der Waals surface area contributed by atoms with Gasteiger partial charge in [-0.1, -0.05) is 11.6 Å². The van der Waals surface area contributed by atoms with Gasteiger partial charge in [-0.3, -0.25) is 10.1 Å². The maximum atomic E-state index is 11.2. The van der Waals surface area contributed by atoms with E-state index in [0.717, 1.165) is 12.1 Å². The smallest absolute Gasteiger partial charge is 0.269 e. The third-order valence-corrected chi connectivity index (χ3v) is 3.42. The van der Waals surface area contributed by atoms with E-state index >= 15 is 0 Å². The maximum Gasteiger partial charge on any atom is 0.269 e. The molecule has 14 heavy (non-hydrogen) atoms. The number of nitrogens with zero attached hydrogens (tertiary/aromatic N) is 1. The first-order valence-electron chi connectivity index (χ1n) is 3.42. The fourth-order valence-electron chi connectivity index (χ4n) is 0.814. The minimum Gasteiger partial charge on any atom is -0.309 e. The molecule has 0 aliphatic heterocycles. The highest BCUT2D eigenvalue weighted by molar-refractivity contribution is 7.98. The Morgan fingerprint density at radius 1 is 1.43 bits per heavy atom. The summed E-state index contributed by atoms with van der Waals surface area (Å²) >= 11 is 5.15. The monoisotopic (exact) mass is 235 g/mol. The summed E-state index contributed by atoms with van der Waals surface area (Å²) in [4.78, 5) is 10.4. The van der Waals surface area contributed by atoms with Gasteiger partial charge in [0.25, 0.3) is 5.69 Å². The molecule has 0 aliphatic rings. The molecule has 7 heteroatoms. The van der Waals surface area contributed by atoms with Crippen molar-refractivity contribution in [2.45, 2.75) is 4.90 Å². The SMILES string of the molecule is O=[N+]([O-])c1ccc(S(=O)(O)=CCl)cc1. The van der Waals surface area contributed by atoms with Crippen LogP contribution in [0.1, 0.15) is 0 Å². The molecule has 0 spiro atoms. The van der Waals surface area contributed by atoms with Crippen LogP contribution in [0.5, 0.6) is 0 Å². The summed E-state index contributed by atoms with van der Waals surface area (Å²) in [6, 6.07) is 4.68. The highest BCUT2D eigenvalue weighted by atomic mass is 35.5. The van der Waals surface area contributed by atoms with Crippen molar-refractivity contribution in [3.05, 3.63) is 34.4 Å². The van der Waals surface area contributed by atoms with Gasteiger partial charge in [0.05, 0.1) is 14.6 Å². The summed E-state index contributed by atoms with van der Waals surface area (Å²) in [6.45, 7) is 0. The third-order valence-electron chi connectivity index (χ3n) is 1.51. The first-order chi connectivity index (χ1) is 6.47. The van der Waals surface area contributed by atoms with E-state index in [1.54, 1.807) is 0 Å². The van der Waals surface area contributed by atoms with E-state index in [9.17, 15) is 18.9 Å².